The van der Waals surface area contributed by atoms with E-state index in [4.69, 9.17) is 5.11 Å². The van der Waals surface area contributed by atoms with E-state index < -0.39 is 5.97 Å². The van der Waals surface area contributed by atoms with Gasteiger partial charge in [-0.15, -0.1) is 0 Å². The lowest BCUT2D eigenvalue weighted by Crippen LogP contribution is -1.97. The van der Waals surface area contributed by atoms with E-state index >= 15 is 0 Å². The van der Waals surface area contributed by atoms with Gasteiger partial charge in [0, 0.05) is 5.57 Å². The van der Waals surface area contributed by atoms with Crippen molar-refractivity contribution in [1.29, 1.82) is 0 Å². The molecule has 0 saturated heterocycles. The van der Waals surface area contributed by atoms with Gasteiger partial charge in [-0.2, -0.15) is 0 Å². The Bertz CT molecular complexity index is 439. The van der Waals surface area contributed by atoms with Gasteiger partial charge in [-0.25, -0.2) is 4.79 Å². The maximum atomic E-state index is 10.7. The molecule has 1 N–H and O–H groups in total. The summed E-state index contributed by atoms with van der Waals surface area (Å²) in [4.78, 5) is 10.7. The predicted molar refractivity (Wildman–Crippen MR) is 70.6 cm³/mol. The fourth-order valence-corrected chi connectivity index (χ4v) is 1.31. The Labute approximate surface area is 102 Å². The van der Waals surface area contributed by atoms with Gasteiger partial charge in [0.05, 0.1) is 0 Å². The van der Waals surface area contributed by atoms with Crippen LogP contribution in [0.25, 0.3) is 6.08 Å². The summed E-state index contributed by atoms with van der Waals surface area (Å²) in [6, 6.07) is 9.94. The first-order chi connectivity index (χ1) is 8.24. The van der Waals surface area contributed by atoms with Crippen molar-refractivity contribution in [2.45, 2.75) is 13.3 Å². The Morgan fingerprint density at radius 1 is 1.18 bits per heavy atom. The summed E-state index contributed by atoms with van der Waals surface area (Å²) >= 11 is 0. The van der Waals surface area contributed by atoms with Crippen molar-refractivity contribution < 1.29 is 9.90 Å². The number of carbonyl (C=O) groups is 1. The first-order valence-electron chi connectivity index (χ1n) is 5.56. The molecule has 0 atom stereocenters. The second-order valence-corrected chi connectivity index (χ2v) is 3.51. The van der Waals surface area contributed by atoms with Crippen LogP contribution in [0.2, 0.25) is 0 Å². The van der Waals surface area contributed by atoms with Crippen LogP contribution in [0.5, 0.6) is 0 Å². The molecule has 0 saturated carbocycles. The molecule has 0 unspecified atom stereocenters. The third-order valence-corrected chi connectivity index (χ3v) is 2.26. The van der Waals surface area contributed by atoms with E-state index in [0.717, 1.165) is 5.56 Å². The van der Waals surface area contributed by atoms with E-state index in [1.807, 2.05) is 55.5 Å². The Balaban J connectivity index is 2.56. The van der Waals surface area contributed by atoms with Gasteiger partial charge < -0.3 is 5.11 Å². The summed E-state index contributed by atoms with van der Waals surface area (Å²) in [5.41, 5.74) is 1.53. The Morgan fingerprint density at radius 2 is 1.88 bits per heavy atom. The number of hydrogen-bond acceptors (Lipinski definition) is 1. The molecule has 1 aromatic rings. The third kappa shape index (κ3) is 4.98. The number of aliphatic carboxylic acids is 1. The van der Waals surface area contributed by atoms with Gasteiger partial charge in [0.15, 0.2) is 0 Å². The summed E-state index contributed by atoms with van der Waals surface area (Å²) in [5.74, 6) is -0.857. The monoisotopic (exact) mass is 228 g/mol. The molecule has 0 amide bonds. The first kappa shape index (κ1) is 13.0. The molecule has 17 heavy (non-hydrogen) atoms. The molecule has 1 rings (SSSR count). The van der Waals surface area contributed by atoms with Crippen LogP contribution in [0.4, 0.5) is 0 Å². The molecule has 1 aromatic carbocycles. The van der Waals surface area contributed by atoms with Crippen LogP contribution < -0.4 is 0 Å². The number of benzene rings is 1. The van der Waals surface area contributed by atoms with E-state index in [-0.39, 0.29) is 0 Å². The topological polar surface area (TPSA) is 37.3 Å². The number of carboxylic acid groups (broad SMARTS) is 1. The van der Waals surface area contributed by atoms with Crippen molar-refractivity contribution in [2.75, 3.05) is 0 Å². The zero-order valence-electron chi connectivity index (χ0n) is 9.84. The Kier molecular flexibility index (Phi) is 5.52. The van der Waals surface area contributed by atoms with Crippen LogP contribution in [-0.2, 0) is 4.79 Å². The van der Waals surface area contributed by atoms with Gasteiger partial charge in [0.25, 0.3) is 0 Å². The zero-order valence-corrected chi connectivity index (χ0v) is 9.84. The van der Waals surface area contributed by atoms with Gasteiger partial charge in [0.2, 0.25) is 0 Å². The molecule has 88 valence electrons. The van der Waals surface area contributed by atoms with Gasteiger partial charge in [-0.1, -0.05) is 67.6 Å². The van der Waals surface area contributed by atoms with E-state index in [1.54, 1.807) is 12.2 Å². The fraction of sp³-hybridized carbons (Fsp3) is 0.133. The summed E-state index contributed by atoms with van der Waals surface area (Å²) < 4.78 is 0. The van der Waals surface area contributed by atoms with Crippen molar-refractivity contribution in [3.8, 4) is 0 Å². The molecule has 0 bridgehead atoms. The van der Waals surface area contributed by atoms with Crippen molar-refractivity contribution in [3.63, 3.8) is 0 Å². The molecule has 0 radical (unpaired) electrons. The minimum Gasteiger partial charge on any atom is -0.478 e. The molecular formula is C15H16O2. The van der Waals surface area contributed by atoms with Crippen LogP contribution in [0, 0.1) is 0 Å². The van der Waals surface area contributed by atoms with Crippen molar-refractivity contribution in [3.05, 3.63) is 65.8 Å². The third-order valence-electron chi connectivity index (χ3n) is 2.26. The minimum absolute atomic E-state index is 0.411. The molecule has 0 aliphatic heterocycles. The summed E-state index contributed by atoms with van der Waals surface area (Å²) in [7, 11) is 0. The number of hydrogen-bond donors (Lipinski definition) is 1. The van der Waals surface area contributed by atoms with E-state index in [0.29, 0.717) is 12.0 Å². The largest absolute Gasteiger partial charge is 0.478 e. The maximum absolute atomic E-state index is 10.7. The molecular weight excluding hydrogens is 212 g/mol. The second-order valence-electron chi connectivity index (χ2n) is 3.51. The maximum Gasteiger partial charge on any atom is 0.331 e. The number of carboxylic acids is 1. The van der Waals surface area contributed by atoms with Crippen molar-refractivity contribution in [2.24, 2.45) is 0 Å². The van der Waals surface area contributed by atoms with Gasteiger partial charge in [-0.3, -0.25) is 0 Å². The predicted octanol–water partition coefficient (Wildman–Crippen LogP) is 3.68. The summed E-state index contributed by atoms with van der Waals surface area (Å²) in [6.45, 7) is 1.83. The van der Waals surface area contributed by atoms with Gasteiger partial charge >= 0.3 is 5.97 Å². The lowest BCUT2D eigenvalue weighted by molar-refractivity contribution is -0.132. The molecule has 0 spiro atoms. The lowest BCUT2D eigenvalue weighted by Gasteiger charge is -1.92. The number of allylic oxidation sites excluding steroid dienone is 4. The Hall–Kier alpha value is -2.09. The van der Waals surface area contributed by atoms with Gasteiger partial charge in [-0.05, 0) is 12.0 Å². The molecule has 0 aliphatic rings. The molecule has 0 fully saturated rings. The Morgan fingerprint density at radius 3 is 2.47 bits per heavy atom. The van der Waals surface area contributed by atoms with E-state index in [1.165, 1.54) is 0 Å². The molecule has 2 nitrogen and oxygen atoms in total. The quantitative estimate of drug-likeness (QED) is 0.616. The average molecular weight is 228 g/mol. The highest BCUT2D eigenvalue weighted by Crippen LogP contribution is 2.02. The van der Waals surface area contributed by atoms with E-state index in [2.05, 4.69) is 0 Å². The first-order valence-corrected chi connectivity index (χ1v) is 5.56. The standard InChI is InChI=1S/C15H16O2/c1-2-14(15(16)17)12-8-4-7-11-13-9-5-3-6-10-13/h3-12H,2H2,1H3,(H,16,17)/b8-4+,11-7?,14-12+. The van der Waals surface area contributed by atoms with Crippen LogP contribution in [0.3, 0.4) is 0 Å². The normalized spacial score (nSPS) is 12.4. The highest BCUT2D eigenvalue weighted by atomic mass is 16.4. The summed E-state index contributed by atoms with van der Waals surface area (Å²) in [6.07, 6.45) is 9.58. The highest BCUT2D eigenvalue weighted by molar-refractivity contribution is 5.86. The summed E-state index contributed by atoms with van der Waals surface area (Å²) in [5, 5.41) is 8.79. The van der Waals surface area contributed by atoms with Crippen molar-refractivity contribution in [1.82, 2.24) is 0 Å². The molecule has 0 aliphatic carbocycles. The van der Waals surface area contributed by atoms with Crippen LogP contribution in [0.15, 0.2) is 60.2 Å². The van der Waals surface area contributed by atoms with Gasteiger partial charge in [0.1, 0.15) is 0 Å². The fourth-order valence-electron chi connectivity index (χ4n) is 1.31. The number of rotatable bonds is 5. The SMILES string of the molecule is CC/C(=C\C=C\C=Cc1ccccc1)C(=O)O. The molecule has 0 heterocycles. The van der Waals surface area contributed by atoms with Crippen LogP contribution in [-0.4, -0.2) is 11.1 Å². The van der Waals surface area contributed by atoms with Crippen LogP contribution in [0.1, 0.15) is 18.9 Å². The van der Waals surface area contributed by atoms with E-state index in [9.17, 15) is 4.79 Å². The minimum atomic E-state index is -0.857. The highest BCUT2D eigenvalue weighted by Gasteiger charge is 2.00. The van der Waals surface area contributed by atoms with Crippen molar-refractivity contribution >= 4 is 12.0 Å². The molecule has 0 aromatic heterocycles. The lowest BCUT2D eigenvalue weighted by atomic mass is 10.2. The molecule has 2 heteroatoms. The zero-order chi connectivity index (χ0) is 12.5. The second kappa shape index (κ2) is 7.23. The van der Waals surface area contributed by atoms with Crippen LogP contribution >= 0.6 is 0 Å². The average Bonchev–Trinajstić information content (AvgIpc) is 2.34. The smallest absolute Gasteiger partial charge is 0.331 e.